The van der Waals surface area contributed by atoms with Crippen molar-refractivity contribution >= 4 is 17.2 Å². The molecule has 3 aromatic carbocycles. The fourth-order valence-electron chi connectivity index (χ4n) is 3.88. The lowest BCUT2D eigenvalue weighted by molar-refractivity contribution is 0.101. The summed E-state index contributed by atoms with van der Waals surface area (Å²) in [6.45, 7) is 10.1. The van der Waals surface area contributed by atoms with E-state index in [1.54, 1.807) is 18.2 Å². The number of aromatic nitrogens is 2. The van der Waals surface area contributed by atoms with Crippen molar-refractivity contribution in [3.63, 3.8) is 0 Å². The molecule has 0 saturated carbocycles. The van der Waals surface area contributed by atoms with Gasteiger partial charge in [-0.3, -0.25) is 14.6 Å². The molecule has 37 heavy (non-hydrogen) atoms. The van der Waals surface area contributed by atoms with E-state index in [1.807, 2.05) is 62.4 Å². The minimum Gasteiger partial charge on any atom is -0.295 e. The first-order valence-electron chi connectivity index (χ1n) is 12.6. The van der Waals surface area contributed by atoms with Crippen LogP contribution in [0.3, 0.4) is 0 Å². The SMILES string of the molecule is CC(C)=Nc1ccccc1C.CCCc1cccc(-c2ccc(=O)n(Cc3cccc(C(C)=O)c3)n2)c1. The van der Waals surface area contributed by atoms with Gasteiger partial charge >= 0.3 is 0 Å². The predicted molar refractivity (Wildman–Crippen MR) is 153 cm³/mol. The summed E-state index contributed by atoms with van der Waals surface area (Å²) in [4.78, 5) is 28.2. The number of benzene rings is 3. The Balaban J connectivity index is 0.000000289. The number of hydrogen-bond acceptors (Lipinski definition) is 4. The Labute approximate surface area is 219 Å². The van der Waals surface area contributed by atoms with Crippen molar-refractivity contribution in [2.24, 2.45) is 4.99 Å². The van der Waals surface area contributed by atoms with Crippen LogP contribution in [0.2, 0.25) is 0 Å². The third-order valence-electron chi connectivity index (χ3n) is 5.75. The highest BCUT2D eigenvalue weighted by Gasteiger charge is 2.07. The molecule has 4 aromatic rings. The number of carbonyl (C=O) groups is 1. The average molecular weight is 494 g/mol. The zero-order chi connectivity index (χ0) is 26.8. The smallest absolute Gasteiger partial charge is 0.267 e. The number of Topliss-reactive ketones (excluding diaryl/α,β-unsaturated/α-hetero) is 1. The van der Waals surface area contributed by atoms with Crippen molar-refractivity contribution in [1.29, 1.82) is 0 Å². The summed E-state index contributed by atoms with van der Waals surface area (Å²) in [5, 5.41) is 4.53. The van der Waals surface area contributed by atoms with Crippen LogP contribution in [0.1, 0.15) is 61.2 Å². The quantitative estimate of drug-likeness (QED) is 0.202. The number of carbonyl (C=O) groups excluding carboxylic acids is 1. The lowest BCUT2D eigenvalue weighted by Crippen LogP contribution is -2.23. The fraction of sp³-hybridized carbons (Fsp3) is 0.250. The Morgan fingerprint density at radius 2 is 1.59 bits per heavy atom. The minimum absolute atomic E-state index is 0.00801. The Morgan fingerprint density at radius 1 is 0.865 bits per heavy atom. The molecule has 0 bridgehead atoms. The number of aryl methyl sites for hydroxylation is 2. The molecule has 1 aromatic heterocycles. The normalized spacial score (nSPS) is 10.3. The highest BCUT2D eigenvalue weighted by molar-refractivity contribution is 5.94. The Hall–Kier alpha value is -4.12. The summed E-state index contributed by atoms with van der Waals surface area (Å²) >= 11 is 0. The van der Waals surface area contributed by atoms with E-state index in [4.69, 9.17) is 0 Å². The van der Waals surface area contributed by atoms with Crippen LogP contribution in [0.4, 0.5) is 5.69 Å². The molecular weight excluding hydrogens is 458 g/mol. The van der Waals surface area contributed by atoms with E-state index in [0.29, 0.717) is 12.1 Å². The molecule has 5 heteroatoms. The topological polar surface area (TPSA) is 64.3 Å². The van der Waals surface area contributed by atoms with E-state index in [1.165, 1.54) is 22.7 Å². The molecule has 0 radical (unpaired) electrons. The van der Waals surface area contributed by atoms with E-state index in [9.17, 15) is 9.59 Å². The second-order valence-corrected chi connectivity index (χ2v) is 9.27. The van der Waals surface area contributed by atoms with E-state index in [-0.39, 0.29) is 11.3 Å². The van der Waals surface area contributed by atoms with Crippen LogP contribution in [0.15, 0.2) is 94.7 Å². The Morgan fingerprint density at radius 3 is 2.30 bits per heavy atom. The number of hydrogen-bond donors (Lipinski definition) is 0. The van der Waals surface area contributed by atoms with Crippen molar-refractivity contribution in [3.8, 4) is 11.3 Å². The lowest BCUT2D eigenvalue weighted by Gasteiger charge is -2.09. The summed E-state index contributed by atoms with van der Waals surface area (Å²) < 4.78 is 1.45. The molecule has 0 aliphatic heterocycles. The Bertz CT molecular complexity index is 1450. The van der Waals surface area contributed by atoms with Crippen molar-refractivity contribution in [1.82, 2.24) is 9.78 Å². The zero-order valence-corrected chi connectivity index (χ0v) is 22.4. The molecule has 0 amide bonds. The van der Waals surface area contributed by atoms with Gasteiger partial charge in [-0.1, -0.05) is 67.9 Å². The zero-order valence-electron chi connectivity index (χ0n) is 22.4. The molecule has 5 nitrogen and oxygen atoms in total. The van der Waals surface area contributed by atoms with Gasteiger partial charge in [0.2, 0.25) is 0 Å². The highest BCUT2D eigenvalue weighted by atomic mass is 16.1. The van der Waals surface area contributed by atoms with Crippen LogP contribution >= 0.6 is 0 Å². The van der Waals surface area contributed by atoms with Gasteiger partial charge in [-0.2, -0.15) is 5.10 Å². The van der Waals surface area contributed by atoms with Gasteiger partial charge in [0.1, 0.15) is 0 Å². The van der Waals surface area contributed by atoms with Crippen molar-refractivity contribution < 1.29 is 4.79 Å². The van der Waals surface area contributed by atoms with Gasteiger partial charge in [0.15, 0.2) is 5.78 Å². The third-order valence-corrected chi connectivity index (χ3v) is 5.75. The van der Waals surface area contributed by atoms with E-state index in [2.05, 4.69) is 42.1 Å². The second kappa shape index (κ2) is 13.3. The fourth-order valence-corrected chi connectivity index (χ4v) is 3.88. The first-order valence-corrected chi connectivity index (χ1v) is 12.6. The molecule has 1 heterocycles. The van der Waals surface area contributed by atoms with Gasteiger partial charge in [-0.25, -0.2) is 4.68 Å². The molecule has 0 unspecified atom stereocenters. The van der Waals surface area contributed by atoms with Gasteiger partial charge in [0, 0.05) is 22.9 Å². The van der Waals surface area contributed by atoms with Gasteiger partial charge in [0.25, 0.3) is 5.56 Å². The van der Waals surface area contributed by atoms with E-state index in [0.717, 1.165) is 41.1 Å². The van der Waals surface area contributed by atoms with Gasteiger partial charge in [-0.15, -0.1) is 0 Å². The van der Waals surface area contributed by atoms with Gasteiger partial charge in [-0.05, 0) is 75.1 Å². The van der Waals surface area contributed by atoms with Crippen LogP contribution in [0, 0.1) is 6.92 Å². The van der Waals surface area contributed by atoms with Crippen molar-refractivity contribution in [3.05, 3.63) is 118 Å². The molecule has 0 spiro atoms. The second-order valence-electron chi connectivity index (χ2n) is 9.27. The van der Waals surface area contributed by atoms with Gasteiger partial charge < -0.3 is 0 Å². The summed E-state index contributed by atoms with van der Waals surface area (Å²) in [5.74, 6) is 0.00801. The maximum Gasteiger partial charge on any atom is 0.267 e. The molecule has 0 aliphatic carbocycles. The average Bonchev–Trinajstić information content (AvgIpc) is 2.87. The number of ketones is 1. The van der Waals surface area contributed by atoms with Crippen molar-refractivity contribution in [2.45, 2.75) is 54.0 Å². The number of aliphatic imine (C=N–C) groups is 1. The van der Waals surface area contributed by atoms with Crippen LogP contribution in [0.25, 0.3) is 11.3 Å². The standard InChI is InChI=1S/C22H22N2O2.C10H13N/c1-3-6-17-7-4-10-20(13-17)21-11-12-22(26)24(23-21)15-18-8-5-9-19(14-18)16(2)25;1-8(2)11-10-7-5-4-6-9(10)3/h4-5,7-14H,3,6,15H2,1-2H3;4-7H,1-3H3. The van der Waals surface area contributed by atoms with E-state index < -0.39 is 0 Å². The molecule has 0 aliphatic rings. The molecule has 0 saturated heterocycles. The minimum atomic E-state index is -0.160. The number of para-hydroxylation sites is 1. The predicted octanol–water partition coefficient (Wildman–Crippen LogP) is 7.22. The molecule has 0 fully saturated rings. The first kappa shape index (κ1) is 27.5. The summed E-state index contributed by atoms with van der Waals surface area (Å²) in [6, 6.07) is 27.0. The Kier molecular flexibility index (Phi) is 9.84. The van der Waals surface area contributed by atoms with E-state index >= 15 is 0 Å². The maximum atomic E-state index is 12.2. The molecule has 0 atom stereocenters. The number of rotatable bonds is 7. The molecular formula is C32H35N3O2. The van der Waals surface area contributed by atoms with Gasteiger partial charge in [0.05, 0.1) is 17.9 Å². The third kappa shape index (κ3) is 8.21. The highest BCUT2D eigenvalue weighted by Crippen LogP contribution is 2.19. The first-order chi connectivity index (χ1) is 17.8. The van der Waals surface area contributed by atoms with Crippen LogP contribution in [0.5, 0.6) is 0 Å². The maximum absolute atomic E-state index is 12.2. The van der Waals surface area contributed by atoms with Crippen molar-refractivity contribution in [2.75, 3.05) is 0 Å². The van der Waals surface area contributed by atoms with Crippen LogP contribution < -0.4 is 5.56 Å². The summed E-state index contributed by atoms with van der Waals surface area (Å²) in [6.07, 6.45) is 2.11. The van der Waals surface area contributed by atoms with Crippen LogP contribution in [-0.2, 0) is 13.0 Å². The molecule has 4 rings (SSSR count). The monoisotopic (exact) mass is 493 g/mol. The molecule has 0 N–H and O–H groups in total. The van der Waals surface area contributed by atoms with Crippen LogP contribution in [-0.4, -0.2) is 21.3 Å². The number of nitrogens with zero attached hydrogens (tertiary/aromatic N) is 3. The summed E-state index contributed by atoms with van der Waals surface area (Å²) in [5.41, 5.74) is 7.79. The molecule has 190 valence electrons. The lowest BCUT2D eigenvalue weighted by atomic mass is 10.0. The largest absolute Gasteiger partial charge is 0.295 e. The summed E-state index contributed by atoms with van der Waals surface area (Å²) in [7, 11) is 0.